The lowest BCUT2D eigenvalue weighted by molar-refractivity contribution is 0.104. The first-order valence-corrected chi connectivity index (χ1v) is 10.1. The van der Waals surface area contributed by atoms with E-state index in [-0.39, 0.29) is 5.78 Å². The van der Waals surface area contributed by atoms with Crippen LogP contribution in [-0.4, -0.2) is 15.8 Å². The Morgan fingerprint density at radius 1 is 0.667 bits per heavy atom. The Labute approximate surface area is 175 Å². The lowest BCUT2D eigenvalue weighted by atomic mass is 9.91. The summed E-state index contributed by atoms with van der Waals surface area (Å²) in [6.45, 7) is 4.14. The number of ketones is 1. The smallest absolute Gasteiger partial charge is 0.186 e. The van der Waals surface area contributed by atoms with E-state index in [1.165, 1.54) is 0 Å². The van der Waals surface area contributed by atoms with Crippen molar-refractivity contribution < 1.29 is 4.79 Å². The molecule has 0 unspecified atom stereocenters. The summed E-state index contributed by atoms with van der Waals surface area (Å²) in [5.41, 5.74) is 8.01. The predicted molar refractivity (Wildman–Crippen MR) is 124 cm³/mol. The van der Waals surface area contributed by atoms with Crippen LogP contribution in [0.5, 0.6) is 0 Å². The zero-order chi connectivity index (χ0) is 20.7. The maximum atomic E-state index is 13.2. The highest BCUT2D eigenvalue weighted by molar-refractivity contribution is 6.15. The molecule has 0 aliphatic carbocycles. The first-order valence-electron chi connectivity index (χ1n) is 10.1. The molecule has 0 aliphatic heterocycles. The Balaban J connectivity index is 1.83. The number of para-hydroxylation sites is 2. The maximum absolute atomic E-state index is 13.2. The summed E-state index contributed by atoms with van der Waals surface area (Å²) in [5.74, 6) is -0.0000350. The van der Waals surface area contributed by atoms with E-state index in [1.807, 2.05) is 54.6 Å². The van der Waals surface area contributed by atoms with E-state index in [0.29, 0.717) is 5.56 Å². The second kappa shape index (κ2) is 7.20. The molecule has 2 aromatic heterocycles. The summed E-state index contributed by atoms with van der Waals surface area (Å²) in [4.78, 5) is 20.2. The minimum absolute atomic E-state index is 0.0000350. The van der Waals surface area contributed by atoms with Gasteiger partial charge in [0.1, 0.15) is 0 Å². The molecule has 0 aliphatic rings. The number of rotatable bonds is 4. The normalized spacial score (nSPS) is 11.1. The van der Waals surface area contributed by atoms with Crippen molar-refractivity contribution in [2.45, 2.75) is 13.8 Å². The molecule has 0 fully saturated rings. The van der Waals surface area contributed by atoms with Gasteiger partial charge in [-0.15, -0.1) is 0 Å². The number of aryl methyl sites for hydroxylation is 2. The van der Waals surface area contributed by atoms with E-state index in [0.717, 1.165) is 49.9 Å². The van der Waals surface area contributed by atoms with E-state index in [2.05, 4.69) is 48.1 Å². The number of hydrogen-bond donors (Lipinski definition) is 2. The van der Waals surface area contributed by atoms with Crippen molar-refractivity contribution in [3.63, 3.8) is 0 Å². The summed E-state index contributed by atoms with van der Waals surface area (Å²) < 4.78 is 0. The number of aromatic amines is 2. The molecule has 5 aromatic rings. The van der Waals surface area contributed by atoms with Gasteiger partial charge >= 0.3 is 0 Å². The molecule has 2 N–H and O–H groups in total. The molecule has 146 valence electrons. The van der Waals surface area contributed by atoms with Crippen molar-refractivity contribution in [3.8, 4) is 0 Å². The molecule has 2 heterocycles. The topological polar surface area (TPSA) is 48.6 Å². The van der Waals surface area contributed by atoms with Gasteiger partial charge in [0.05, 0.1) is 0 Å². The van der Waals surface area contributed by atoms with Crippen LogP contribution in [0.4, 0.5) is 0 Å². The van der Waals surface area contributed by atoms with Crippen molar-refractivity contribution in [1.29, 1.82) is 0 Å². The van der Waals surface area contributed by atoms with Gasteiger partial charge in [0.25, 0.3) is 0 Å². The van der Waals surface area contributed by atoms with E-state index >= 15 is 0 Å². The molecule has 0 bridgehead atoms. The quantitative estimate of drug-likeness (QED) is 0.264. The monoisotopic (exact) mass is 390 g/mol. The molecule has 30 heavy (non-hydrogen) atoms. The fourth-order valence-electron chi connectivity index (χ4n) is 4.33. The Hall–Kier alpha value is -3.85. The summed E-state index contributed by atoms with van der Waals surface area (Å²) in [7, 11) is 0. The largest absolute Gasteiger partial charge is 0.358 e. The Morgan fingerprint density at radius 2 is 1.13 bits per heavy atom. The number of nitrogens with one attached hydrogen (secondary N) is 2. The minimum Gasteiger partial charge on any atom is -0.358 e. The highest BCUT2D eigenvalue weighted by Crippen LogP contribution is 2.38. The van der Waals surface area contributed by atoms with Crippen molar-refractivity contribution >= 4 is 33.2 Å². The SMILES string of the molecule is Cc1[nH]c2ccccc2c1C(=CC(=O)c1ccccc1)c1c(C)[nH]c2ccccc12. The molecule has 0 spiro atoms. The van der Waals surface area contributed by atoms with Gasteiger partial charge in [-0.1, -0.05) is 66.7 Å². The average molecular weight is 390 g/mol. The summed E-state index contributed by atoms with van der Waals surface area (Å²) >= 11 is 0. The number of carbonyl (C=O) groups excluding carboxylic acids is 1. The summed E-state index contributed by atoms with van der Waals surface area (Å²) in [5, 5.41) is 2.23. The van der Waals surface area contributed by atoms with Crippen LogP contribution in [0.15, 0.2) is 84.9 Å². The van der Waals surface area contributed by atoms with Crippen LogP contribution in [0.25, 0.3) is 27.4 Å². The van der Waals surface area contributed by atoms with Gasteiger partial charge in [-0.2, -0.15) is 0 Å². The van der Waals surface area contributed by atoms with Gasteiger partial charge in [0, 0.05) is 49.9 Å². The third kappa shape index (κ3) is 2.96. The summed E-state index contributed by atoms with van der Waals surface area (Å²) in [6.07, 6.45) is 1.79. The van der Waals surface area contributed by atoms with Gasteiger partial charge in [-0.25, -0.2) is 0 Å². The highest BCUT2D eigenvalue weighted by Gasteiger charge is 2.21. The molecule has 0 amide bonds. The molecule has 3 heteroatoms. The fraction of sp³-hybridized carbons (Fsp3) is 0.0741. The zero-order valence-corrected chi connectivity index (χ0v) is 17.0. The minimum atomic E-state index is -0.0000350. The molecule has 0 radical (unpaired) electrons. The first-order chi connectivity index (χ1) is 14.6. The van der Waals surface area contributed by atoms with Crippen molar-refractivity contribution in [1.82, 2.24) is 9.97 Å². The lowest BCUT2D eigenvalue weighted by Crippen LogP contribution is -1.99. The van der Waals surface area contributed by atoms with E-state index in [9.17, 15) is 4.79 Å². The summed E-state index contributed by atoms with van der Waals surface area (Å²) in [6, 6.07) is 25.9. The zero-order valence-electron chi connectivity index (χ0n) is 17.0. The van der Waals surface area contributed by atoms with Gasteiger partial charge in [0.15, 0.2) is 5.78 Å². The van der Waals surface area contributed by atoms with Crippen molar-refractivity contribution in [2.75, 3.05) is 0 Å². The Morgan fingerprint density at radius 3 is 1.67 bits per heavy atom. The van der Waals surface area contributed by atoms with Crippen LogP contribution in [-0.2, 0) is 0 Å². The molecule has 3 aromatic carbocycles. The number of carbonyl (C=O) groups is 1. The number of fused-ring (bicyclic) bond motifs is 2. The van der Waals surface area contributed by atoms with Gasteiger partial charge in [0.2, 0.25) is 0 Å². The van der Waals surface area contributed by atoms with Crippen LogP contribution >= 0.6 is 0 Å². The van der Waals surface area contributed by atoms with Crippen LogP contribution in [0.1, 0.15) is 32.9 Å². The first kappa shape index (κ1) is 18.2. The van der Waals surface area contributed by atoms with Gasteiger partial charge in [-0.05, 0) is 37.6 Å². The number of aromatic nitrogens is 2. The highest BCUT2D eigenvalue weighted by atomic mass is 16.1. The van der Waals surface area contributed by atoms with Gasteiger partial charge in [-0.3, -0.25) is 4.79 Å². The average Bonchev–Trinajstić information content (AvgIpc) is 3.28. The number of allylic oxidation sites excluding steroid dienone is 1. The van der Waals surface area contributed by atoms with E-state index < -0.39 is 0 Å². The Bertz CT molecular complexity index is 1340. The van der Waals surface area contributed by atoms with Crippen LogP contribution in [0.2, 0.25) is 0 Å². The van der Waals surface area contributed by atoms with Crippen LogP contribution in [0, 0.1) is 13.8 Å². The van der Waals surface area contributed by atoms with E-state index in [1.54, 1.807) is 6.08 Å². The number of H-pyrrole nitrogens is 2. The van der Waals surface area contributed by atoms with Crippen molar-refractivity contribution in [2.24, 2.45) is 0 Å². The lowest BCUT2D eigenvalue weighted by Gasteiger charge is -2.10. The molecule has 0 saturated carbocycles. The molecular formula is C27H22N2O. The molecular weight excluding hydrogens is 368 g/mol. The van der Waals surface area contributed by atoms with Crippen molar-refractivity contribution in [3.05, 3.63) is 113 Å². The third-order valence-electron chi connectivity index (χ3n) is 5.66. The van der Waals surface area contributed by atoms with E-state index in [4.69, 9.17) is 0 Å². The molecule has 3 nitrogen and oxygen atoms in total. The molecule has 0 atom stereocenters. The standard InChI is InChI=1S/C27H22N2O/c1-17-26(20-12-6-8-14-23(20)28-17)22(16-25(30)19-10-4-3-5-11-19)27-18(2)29-24-15-9-7-13-21(24)27/h3-16,28-29H,1-2H3. The molecule has 0 saturated heterocycles. The number of benzene rings is 3. The third-order valence-corrected chi connectivity index (χ3v) is 5.66. The van der Waals surface area contributed by atoms with Crippen LogP contribution < -0.4 is 0 Å². The second-order valence-corrected chi connectivity index (χ2v) is 7.63. The predicted octanol–water partition coefficient (Wildman–Crippen LogP) is 6.58. The van der Waals surface area contributed by atoms with Gasteiger partial charge < -0.3 is 9.97 Å². The number of hydrogen-bond acceptors (Lipinski definition) is 1. The second-order valence-electron chi connectivity index (χ2n) is 7.63. The van der Waals surface area contributed by atoms with Crippen LogP contribution in [0.3, 0.4) is 0 Å². The maximum Gasteiger partial charge on any atom is 0.186 e. The fourth-order valence-corrected chi connectivity index (χ4v) is 4.33. The molecule has 5 rings (SSSR count). The Kier molecular flexibility index (Phi) is 4.36.